The smallest absolute Gasteiger partial charge is 0.191 e. The molecular formula is C21H32N4O2. The minimum atomic E-state index is -1.12. The normalized spacial score (nSPS) is 13.9. The molecule has 0 saturated heterocycles. The molecule has 6 nitrogen and oxygen atoms in total. The molecule has 27 heavy (non-hydrogen) atoms. The molecule has 2 rings (SSSR count). The Morgan fingerprint density at radius 1 is 1.15 bits per heavy atom. The first-order valence-electron chi connectivity index (χ1n) is 9.57. The lowest BCUT2D eigenvalue weighted by Gasteiger charge is -2.20. The van der Waals surface area contributed by atoms with Gasteiger partial charge in [-0.25, -0.2) is 4.99 Å². The zero-order valence-corrected chi connectivity index (χ0v) is 16.6. The number of nitrogens with one attached hydrogen (secondary N) is 2. The van der Waals surface area contributed by atoms with E-state index in [1.165, 1.54) is 5.69 Å². The summed E-state index contributed by atoms with van der Waals surface area (Å²) in [5.41, 5.74) is 0.116. The summed E-state index contributed by atoms with van der Waals surface area (Å²) in [5, 5.41) is 17.1. The third-order valence-electron chi connectivity index (χ3n) is 4.35. The topological polar surface area (TPSA) is 73.0 Å². The van der Waals surface area contributed by atoms with Gasteiger partial charge < -0.3 is 25.1 Å². The van der Waals surface area contributed by atoms with Crippen molar-refractivity contribution in [3.8, 4) is 0 Å². The lowest BCUT2D eigenvalue weighted by atomic mass is 10.0. The molecule has 0 aliphatic carbocycles. The third kappa shape index (κ3) is 6.98. The number of nitrogens with zero attached hydrogens (tertiary/aromatic N) is 2. The number of benzene rings is 1. The van der Waals surface area contributed by atoms with Gasteiger partial charge in [-0.3, -0.25) is 0 Å². The molecule has 3 N–H and O–H groups in total. The van der Waals surface area contributed by atoms with Crippen LogP contribution in [0.15, 0.2) is 58.1 Å². The van der Waals surface area contributed by atoms with Crippen LogP contribution >= 0.6 is 0 Å². The van der Waals surface area contributed by atoms with Crippen molar-refractivity contribution in [2.24, 2.45) is 4.99 Å². The summed E-state index contributed by atoms with van der Waals surface area (Å²) >= 11 is 0. The number of hydrogen-bond donors (Lipinski definition) is 3. The van der Waals surface area contributed by atoms with Gasteiger partial charge in [-0.2, -0.15) is 0 Å². The maximum absolute atomic E-state index is 10.5. The van der Waals surface area contributed by atoms with Gasteiger partial charge in [0.1, 0.15) is 11.4 Å². The van der Waals surface area contributed by atoms with Crippen LogP contribution in [0.1, 0.15) is 32.4 Å². The number of unbranched alkanes of at least 4 members (excludes halogenated alkanes) is 1. The van der Waals surface area contributed by atoms with Gasteiger partial charge in [-0.1, -0.05) is 18.2 Å². The lowest BCUT2D eigenvalue weighted by Crippen LogP contribution is -2.39. The Kier molecular flexibility index (Phi) is 8.20. The van der Waals surface area contributed by atoms with Crippen molar-refractivity contribution in [2.45, 2.75) is 32.3 Å². The number of hydrogen-bond acceptors (Lipinski definition) is 4. The van der Waals surface area contributed by atoms with E-state index in [0.717, 1.165) is 32.5 Å². The Bertz CT molecular complexity index is 669. The van der Waals surface area contributed by atoms with Gasteiger partial charge in [0, 0.05) is 32.4 Å². The van der Waals surface area contributed by atoms with Crippen LogP contribution < -0.4 is 15.5 Å². The minimum Gasteiger partial charge on any atom is -0.466 e. The highest BCUT2D eigenvalue weighted by Crippen LogP contribution is 2.21. The summed E-state index contributed by atoms with van der Waals surface area (Å²) < 4.78 is 5.30. The number of furan rings is 1. The second kappa shape index (κ2) is 10.6. The summed E-state index contributed by atoms with van der Waals surface area (Å²) in [4.78, 5) is 6.76. The number of para-hydroxylation sites is 1. The number of aliphatic hydroxyl groups is 1. The first-order valence-corrected chi connectivity index (χ1v) is 9.57. The van der Waals surface area contributed by atoms with Crippen molar-refractivity contribution in [3.63, 3.8) is 0 Å². The Morgan fingerprint density at radius 2 is 1.93 bits per heavy atom. The summed E-state index contributed by atoms with van der Waals surface area (Å²) in [6.45, 7) is 6.57. The van der Waals surface area contributed by atoms with E-state index < -0.39 is 5.60 Å². The van der Waals surface area contributed by atoms with E-state index in [1.54, 1.807) is 25.3 Å². The molecule has 0 spiro atoms. The van der Waals surface area contributed by atoms with Gasteiger partial charge in [0.05, 0.1) is 12.8 Å². The van der Waals surface area contributed by atoms with Crippen LogP contribution in [0.5, 0.6) is 0 Å². The van der Waals surface area contributed by atoms with Gasteiger partial charge >= 0.3 is 0 Å². The first-order chi connectivity index (χ1) is 13.0. The highest BCUT2D eigenvalue weighted by molar-refractivity contribution is 5.79. The van der Waals surface area contributed by atoms with E-state index >= 15 is 0 Å². The molecule has 0 amide bonds. The average molecular weight is 373 g/mol. The van der Waals surface area contributed by atoms with Gasteiger partial charge in [0.25, 0.3) is 0 Å². The van der Waals surface area contributed by atoms with Crippen LogP contribution in [0.4, 0.5) is 5.69 Å². The molecule has 2 aromatic rings. The molecule has 0 radical (unpaired) electrons. The summed E-state index contributed by atoms with van der Waals surface area (Å²) in [6.07, 6.45) is 3.68. The van der Waals surface area contributed by atoms with Gasteiger partial charge in [-0.05, 0) is 51.0 Å². The van der Waals surface area contributed by atoms with E-state index in [2.05, 4.69) is 51.8 Å². The quantitative estimate of drug-likeness (QED) is 0.340. The molecule has 1 unspecified atom stereocenters. The van der Waals surface area contributed by atoms with Gasteiger partial charge in [0.2, 0.25) is 0 Å². The molecule has 148 valence electrons. The third-order valence-corrected chi connectivity index (χ3v) is 4.35. The molecule has 0 aliphatic heterocycles. The predicted octanol–water partition coefficient (Wildman–Crippen LogP) is 2.96. The SMILES string of the molecule is CCNC(=NCC(C)(O)c1ccco1)NCCCCN(C)c1ccccc1. The Labute approximate surface area is 162 Å². The summed E-state index contributed by atoms with van der Waals surface area (Å²) in [7, 11) is 2.12. The lowest BCUT2D eigenvalue weighted by molar-refractivity contribution is 0.0437. The van der Waals surface area contributed by atoms with Gasteiger partial charge in [0.15, 0.2) is 5.96 Å². The van der Waals surface area contributed by atoms with Crippen LogP contribution in [0.3, 0.4) is 0 Å². The fourth-order valence-electron chi connectivity index (χ4n) is 2.73. The molecule has 0 saturated carbocycles. The van der Waals surface area contributed by atoms with Crippen molar-refractivity contribution < 1.29 is 9.52 Å². The molecule has 0 bridgehead atoms. The molecule has 1 atom stereocenters. The number of aliphatic imine (C=N–C) groups is 1. The van der Waals surface area contributed by atoms with E-state index in [-0.39, 0.29) is 6.54 Å². The largest absolute Gasteiger partial charge is 0.466 e. The second-order valence-corrected chi connectivity index (χ2v) is 6.84. The summed E-state index contributed by atoms with van der Waals surface area (Å²) in [6, 6.07) is 13.9. The van der Waals surface area contributed by atoms with Crippen molar-refractivity contribution in [2.75, 3.05) is 38.1 Å². The van der Waals surface area contributed by atoms with Crippen LogP contribution in [0.25, 0.3) is 0 Å². The molecule has 1 heterocycles. The highest BCUT2D eigenvalue weighted by Gasteiger charge is 2.25. The number of guanidine groups is 1. The van der Waals surface area contributed by atoms with E-state index in [0.29, 0.717) is 11.7 Å². The van der Waals surface area contributed by atoms with Crippen LogP contribution in [0.2, 0.25) is 0 Å². The first kappa shape index (κ1) is 20.8. The molecule has 1 aromatic carbocycles. The Hall–Kier alpha value is -2.47. The predicted molar refractivity (Wildman–Crippen MR) is 111 cm³/mol. The molecule has 1 aromatic heterocycles. The number of rotatable bonds is 10. The van der Waals surface area contributed by atoms with Crippen LogP contribution in [0, 0.1) is 0 Å². The summed E-state index contributed by atoms with van der Waals surface area (Å²) in [5.74, 6) is 1.23. The van der Waals surface area contributed by atoms with Crippen molar-refractivity contribution in [1.82, 2.24) is 10.6 Å². The number of anilines is 1. The zero-order chi connectivity index (χ0) is 19.5. The fourth-order valence-corrected chi connectivity index (χ4v) is 2.73. The van der Waals surface area contributed by atoms with E-state index in [9.17, 15) is 5.11 Å². The standard InChI is InChI=1S/C21H32N4O2/c1-4-22-20(24-17-21(2,26)19-13-10-16-27-19)23-14-8-9-15-25(3)18-11-6-5-7-12-18/h5-7,10-13,16,26H,4,8-9,14-15,17H2,1-3H3,(H2,22,23,24). The zero-order valence-electron chi connectivity index (χ0n) is 16.6. The monoisotopic (exact) mass is 372 g/mol. The van der Waals surface area contributed by atoms with E-state index in [4.69, 9.17) is 4.42 Å². The van der Waals surface area contributed by atoms with Crippen molar-refractivity contribution in [3.05, 3.63) is 54.5 Å². The highest BCUT2D eigenvalue weighted by atomic mass is 16.4. The Balaban J connectivity index is 1.74. The molecule has 0 fully saturated rings. The maximum Gasteiger partial charge on any atom is 0.191 e. The van der Waals surface area contributed by atoms with Crippen molar-refractivity contribution in [1.29, 1.82) is 0 Å². The Morgan fingerprint density at radius 3 is 2.59 bits per heavy atom. The van der Waals surface area contributed by atoms with Crippen LogP contribution in [-0.2, 0) is 5.60 Å². The molecular weight excluding hydrogens is 340 g/mol. The van der Waals surface area contributed by atoms with Crippen LogP contribution in [-0.4, -0.2) is 44.3 Å². The maximum atomic E-state index is 10.5. The average Bonchev–Trinajstić information content (AvgIpc) is 3.22. The fraction of sp³-hybridized carbons (Fsp3) is 0.476. The van der Waals surface area contributed by atoms with E-state index in [1.807, 2.05) is 13.0 Å². The van der Waals surface area contributed by atoms with Gasteiger partial charge in [-0.15, -0.1) is 0 Å². The minimum absolute atomic E-state index is 0.229. The van der Waals surface area contributed by atoms with Crippen molar-refractivity contribution >= 4 is 11.6 Å². The second-order valence-electron chi connectivity index (χ2n) is 6.84. The molecule has 0 aliphatic rings. The molecule has 6 heteroatoms.